The van der Waals surface area contributed by atoms with Gasteiger partial charge in [0.2, 0.25) is 11.8 Å². The van der Waals surface area contributed by atoms with Crippen LogP contribution in [0.4, 0.5) is 0 Å². The van der Waals surface area contributed by atoms with Crippen LogP contribution in [0.15, 0.2) is 12.2 Å². The van der Waals surface area contributed by atoms with E-state index in [1.54, 1.807) is 0 Å². The van der Waals surface area contributed by atoms with Gasteiger partial charge in [0.25, 0.3) is 0 Å². The molecule has 0 aromatic heterocycles. The zero-order valence-electron chi connectivity index (χ0n) is 12.1. The molecule has 0 aromatic carbocycles. The SMILES string of the molecule is O=C1NC(=O)[C@@H]2[C@H]1[C@@H]1C=C[C@]23CCCC[C@@]32CCCO[C@@H]12. The number of allylic oxidation sites excluding steroid dienone is 1. The Morgan fingerprint density at radius 1 is 1.10 bits per heavy atom. The maximum atomic E-state index is 12.5. The van der Waals surface area contributed by atoms with Gasteiger partial charge in [0.1, 0.15) is 0 Å². The van der Waals surface area contributed by atoms with Gasteiger partial charge in [-0.2, -0.15) is 0 Å². The normalized spacial score (nSPS) is 53.9. The molecule has 4 aliphatic carbocycles. The summed E-state index contributed by atoms with van der Waals surface area (Å²) in [6.45, 7) is 0.805. The van der Waals surface area contributed by atoms with E-state index in [0.717, 1.165) is 38.7 Å². The number of hydrogen-bond acceptors (Lipinski definition) is 3. The fourth-order valence-electron chi connectivity index (χ4n) is 6.54. The Morgan fingerprint density at radius 3 is 2.81 bits per heavy atom. The van der Waals surface area contributed by atoms with Crippen molar-refractivity contribution in [1.29, 1.82) is 0 Å². The summed E-state index contributed by atoms with van der Waals surface area (Å²) in [5, 5.41) is 2.62. The molecule has 0 aromatic rings. The van der Waals surface area contributed by atoms with Gasteiger partial charge in [-0.25, -0.2) is 0 Å². The molecule has 2 saturated carbocycles. The molecule has 0 unspecified atom stereocenters. The molecular formula is C17H21NO3. The topological polar surface area (TPSA) is 55.4 Å². The zero-order chi connectivity index (χ0) is 14.2. The molecule has 6 aliphatic rings. The van der Waals surface area contributed by atoms with Gasteiger partial charge in [-0.1, -0.05) is 25.0 Å². The lowest BCUT2D eigenvalue weighted by Crippen LogP contribution is -2.68. The molecule has 2 saturated heterocycles. The minimum atomic E-state index is -0.183. The maximum Gasteiger partial charge on any atom is 0.231 e. The first kappa shape index (κ1) is 12.4. The first-order valence-corrected chi connectivity index (χ1v) is 8.35. The maximum absolute atomic E-state index is 12.5. The van der Waals surface area contributed by atoms with Gasteiger partial charge >= 0.3 is 0 Å². The molecule has 2 amide bonds. The summed E-state index contributed by atoms with van der Waals surface area (Å²) in [6.07, 6.45) is 11.5. The molecule has 0 radical (unpaired) electrons. The summed E-state index contributed by atoms with van der Waals surface area (Å²) in [5.74, 6) is -0.312. The van der Waals surface area contributed by atoms with Crippen molar-refractivity contribution in [2.45, 2.75) is 44.6 Å². The van der Waals surface area contributed by atoms with Crippen molar-refractivity contribution in [3.05, 3.63) is 12.2 Å². The van der Waals surface area contributed by atoms with E-state index in [2.05, 4.69) is 17.5 Å². The van der Waals surface area contributed by atoms with Crippen molar-refractivity contribution in [3.8, 4) is 0 Å². The van der Waals surface area contributed by atoms with Crippen molar-refractivity contribution in [3.63, 3.8) is 0 Å². The van der Waals surface area contributed by atoms with Crippen LogP contribution in [0.3, 0.4) is 0 Å². The van der Waals surface area contributed by atoms with Crippen LogP contribution in [0.2, 0.25) is 0 Å². The zero-order valence-corrected chi connectivity index (χ0v) is 12.1. The molecule has 2 heterocycles. The van der Waals surface area contributed by atoms with Crippen molar-refractivity contribution in [2.24, 2.45) is 28.6 Å². The largest absolute Gasteiger partial charge is 0.377 e. The Hall–Kier alpha value is -1.16. The van der Waals surface area contributed by atoms with Gasteiger partial charge < -0.3 is 4.74 Å². The highest BCUT2D eigenvalue weighted by atomic mass is 16.5. The molecule has 2 bridgehead atoms. The van der Waals surface area contributed by atoms with E-state index in [1.165, 1.54) is 6.42 Å². The van der Waals surface area contributed by atoms with Crippen molar-refractivity contribution >= 4 is 11.8 Å². The molecule has 6 atom stereocenters. The molecule has 2 spiro atoms. The highest BCUT2D eigenvalue weighted by Gasteiger charge is 2.73. The standard InChI is InChI=1S/C17H21NO3/c19-14-11-10-4-8-16(12(11)15(20)18-14)5-1-2-6-17(16)7-3-9-21-13(10)17/h4,8,10-13H,1-3,5-7,9H2,(H,18,19,20)/t10-,11+,12-,13-,16+,17-/m0/s1. The van der Waals surface area contributed by atoms with Gasteiger partial charge in [-0.05, 0) is 25.7 Å². The summed E-state index contributed by atoms with van der Waals surface area (Å²) < 4.78 is 6.22. The molecule has 2 aliphatic heterocycles. The van der Waals surface area contributed by atoms with Crippen molar-refractivity contribution in [2.75, 3.05) is 6.61 Å². The summed E-state index contributed by atoms with van der Waals surface area (Å²) in [4.78, 5) is 24.9. The first-order chi connectivity index (χ1) is 10.2. The van der Waals surface area contributed by atoms with Crippen LogP contribution < -0.4 is 5.32 Å². The molecule has 4 heteroatoms. The number of carbonyl (C=O) groups excluding carboxylic acids is 2. The fourth-order valence-corrected chi connectivity index (χ4v) is 6.54. The summed E-state index contributed by atoms with van der Waals surface area (Å²) in [6, 6.07) is 0. The van der Waals surface area contributed by atoms with E-state index in [9.17, 15) is 9.59 Å². The average Bonchev–Trinajstić information content (AvgIpc) is 2.82. The third-order valence-corrected chi connectivity index (χ3v) is 7.13. The van der Waals surface area contributed by atoms with Crippen molar-refractivity contribution in [1.82, 2.24) is 5.32 Å². The number of carbonyl (C=O) groups is 2. The van der Waals surface area contributed by atoms with Gasteiger partial charge in [-0.15, -0.1) is 0 Å². The lowest BCUT2D eigenvalue weighted by atomic mass is 9.37. The molecule has 1 N–H and O–H groups in total. The Bertz CT molecular complexity index is 564. The smallest absolute Gasteiger partial charge is 0.231 e. The molecule has 4 fully saturated rings. The van der Waals surface area contributed by atoms with E-state index in [1.807, 2.05) is 0 Å². The second-order valence-electron chi connectivity index (χ2n) is 7.59. The Kier molecular flexibility index (Phi) is 2.23. The summed E-state index contributed by atoms with van der Waals surface area (Å²) >= 11 is 0. The van der Waals surface area contributed by atoms with Gasteiger partial charge in [0, 0.05) is 23.4 Å². The third kappa shape index (κ3) is 1.20. The Labute approximate surface area is 124 Å². The summed E-state index contributed by atoms with van der Waals surface area (Å²) in [5.41, 5.74) is -0.0297. The number of rotatable bonds is 0. The molecule has 4 nitrogen and oxygen atoms in total. The van der Waals surface area contributed by atoms with E-state index >= 15 is 0 Å². The van der Waals surface area contributed by atoms with E-state index in [4.69, 9.17) is 4.74 Å². The predicted octanol–water partition coefficient (Wildman–Crippen LogP) is 1.80. The highest BCUT2D eigenvalue weighted by molar-refractivity contribution is 6.06. The van der Waals surface area contributed by atoms with E-state index < -0.39 is 0 Å². The first-order valence-electron chi connectivity index (χ1n) is 8.35. The predicted molar refractivity (Wildman–Crippen MR) is 75.1 cm³/mol. The minimum Gasteiger partial charge on any atom is -0.377 e. The lowest BCUT2D eigenvalue weighted by Gasteiger charge is -2.67. The van der Waals surface area contributed by atoms with Gasteiger partial charge in [-0.3, -0.25) is 14.9 Å². The van der Waals surface area contributed by atoms with Crippen LogP contribution in [-0.2, 0) is 14.3 Å². The number of hydrogen-bond donors (Lipinski definition) is 1. The number of amides is 2. The van der Waals surface area contributed by atoms with Crippen LogP contribution >= 0.6 is 0 Å². The van der Waals surface area contributed by atoms with Crippen molar-refractivity contribution < 1.29 is 14.3 Å². The second kappa shape index (κ2) is 3.78. The average molecular weight is 287 g/mol. The highest BCUT2D eigenvalue weighted by Crippen LogP contribution is 2.71. The second-order valence-corrected chi connectivity index (χ2v) is 7.59. The Balaban J connectivity index is 1.75. The van der Waals surface area contributed by atoms with E-state index in [0.29, 0.717) is 0 Å². The minimum absolute atomic E-state index is 0.0235. The van der Waals surface area contributed by atoms with Crippen LogP contribution in [0.25, 0.3) is 0 Å². The lowest BCUT2D eigenvalue weighted by molar-refractivity contribution is -0.231. The van der Waals surface area contributed by atoms with Crippen LogP contribution in [0.5, 0.6) is 0 Å². The molecular weight excluding hydrogens is 266 g/mol. The van der Waals surface area contributed by atoms with Crippen LogP contribution in [-0.4, -0.2) is 24.5 Å². The molecule has 21 heavy (non-hydrogen) atoms. The fraction of sp³-hybridized carbons (Fsp3) is 0.765. The van der Waals surface area contributed by atoms with Crippen LogP contribution in [0, 0.1) is 28.6 Å². The third-order valence-electron chi connectivity index (χ3n) is 7.13. The molecule has 6 rings (SSSR count). The Morgan fingerprint density at radius 2 is 1.90 bits per heavy atom. The number of imide groups is 1. The number of ether oxygens (including phenoxy) is 1. The number of nitrogens with one attached hydrogen (secondary N) is 1. The monoisotopic (exact) mass is 287 g/mol. The molecule has 112 valence electrons. The van der Waals surface area contributed by atoms with Gasteiger partial charge in [0.15, 0.2) is 0 Å². The summed E-state index contributed by atoms with van der Waals surface area (Å²) in [7, 11) is 0. The quantitative estimate of drug-likeness (QED) is 0.546. The van der Waals surface area contributed by atoms with E-state index in [-0.39, 0.29) is 46.5 Å². The van der Waals surface area contributed by atoms with Gasteiger partial charge in [0.05, 0.1) is 17.9 Å². The van der Waals surface area contributed by atoms with Crippen LogP contribution in [0.1, 0.15) is 38.5 Å².